The van der Waals surface area contributed by atoms with Gasteiger partial charge < -0.3 is 5.11 Å². The monoisotopic (exact) mass is 236 g/mol. The van der Waals surface area contributed by atoms with E-state index >= 15 is 0 Å². The standard InChI is InChI=1S/C13H20N2O2/c1-10-7-13(17)15(14-8-10)9-12(16)11-5-3-2-4-6-11/h7-8,11-12,16H,2-6,9H2,1H3. The predicted octanol–water partition coefficient (Wildman–Crippen LogP) is 1.49. The fourth-order valence-electron chi connectivity index (χ4n) is 2.51. The zero-order valence-corrected chi connectivity index (χ0v) is 10.3. The van der Waals surface area contributed by atoms with E-state index in [2.05, 4.69) is 5.10 Å². The van der Waals surface area contributed by atoms with Crippen LogP contribution in [-0.4, -0.2) is 21.0 Å². The lowest BCUT2D eigenvalue weighted by Crippen LogP contribution is -2.33. The molecule has 0 amide bonds. The molecule has 17 heavy (non-hydrogen) atoms. The van der Waals surface area contributed by atoms with Crippen molar-refractivity contribution in [2.45, 2.75) is 51.7 Å². The number of aliphatic hydroxyl groups is 1. The van der Waals surface area contributed by atoms with Crippen LogP contribution in [0, 0.1) is 12.8 Å². The first kappa shape index (κ1) is 12.3. The van der Waals surface area contributed by atoms with Gasteiger partial charge in [-0.05, 0) is 31.2 Å². The molecule has 1 aliphatic carbocycles. The molecule has 0 saturated heterocycles. The minimum Gasteiger partial charge on any atom is -0.391 e. The van der Waals surface area contributed by atoms with Gasteiger partial charge in [0.05, 0.1) is 18.8 Å². The zero-order valence-electron chi connectivity index (χ0n) is 10.3. The summed E-state index contributed by atoms with van der Waals surface area (Å²) < 4.78 is 1.37. The van der Waals surface area contributed by atoms with Crippen LogP contribution in [0.5, 0.6) is 0 Å². The lowest BCUT2D eigenvalue weighted by Gasteiger charge is -2.26. The van der Waals surface area contributed by atoms with Gasteiger partial charge in [0.2, 0.25) is 0 Å². The van der Waals surface area contributed by atoms with Crippen LogP contribution in [-0.2, 0) is 6.54 Å². The van der Waals surface area contributed by atoms with Crippen molar-refractivity contribution in [3.63, 3.8) is 0 Å². The molecule has 1 saturated carbocycles. The molecular formula is C13H20N2O2. The summed E-state index contributed by atoms with van der Waals surface area (Å²) in [6.45, 7) is 2.17. The average molecular weight is 236 g/mol. The van der Waals surface area contributed by atoms with Crippen LogP contribution in [0.1, 0.15) is 37.7 Å². The molecule has 0 radical (unpaired) electrons. The van der Waals surface area contributed by atoms with Crippen LogP contribution < -0.4 is 5.56 Å². The Morgan fingerprint density at radius 2 is 2.18 bits per heavy atom. The molecule has 1 atom stereocenters. The molecule has 0 spiro atoms. The molecule has 0 aromatic carbocycles. The Hall–Kier alpha value is -1.16. The van der Waals surface area contributed by atoms with Crippen molar-refractivity contribution in [2.24, 2.45) is 5.92 Å². The summed E-state index contributed by atoms with van der Waals surface area (Å²) in [5.41, 5.74) is 0.735. The molecule has 1 unspecified atom stereocenters. The van der Waals surface area contributed by atoms with Crippen molar-refractivity contribution >= 4 is 0 Å². The molecule has 0 aliphatic heterocycles. The first-order valence-corrected chi connectivity index (χ1v) is 6.38. The van der Waals surface area contributed by atoms with Crippen molar-refractivity contribution in [1.82, 2.24) is 9.78 Å². The number of aryl methyl sites for hydroxylation is 1. The summed E-state index contributed by atoms with van der Waals surface area (Å²) in [6, 6.07) is 1.56. The van der Waals surface area contributed by atoms with Crippen molar-refractivity contribution in [3.05, 3.63) is 28.2 Å². The van der Waals surface area contributed by atoms with E-state index in [-0.39, 0.29) is 5.56 Å². The number of rotatable bonds is 3. The van der Waals surface area contributed by atoms with E-state index < -0.39 is 6.10 Å². The summed E-state index contributed by atoms with van der Waals surface area (Å²) in [4.78, 5) is 11.6. The summed E-state index contributed by atoms with van der Waals surface area (Å²) in [7, 11) is 0. The molecule has 1 fully saturated rings. The van der Waals surface area contributed by atoms with Gasteiger partial charge >= 0.3 is 0 Å². The minimum absolute atomic E-state index is 0.125. The van der Waals surface area contributed by atoms with Gasteiger partial charge in [0.25, 0.3) is 5.56 Å². The maximum Gasteiger partial charge on any atom is 0.267 e. The molecule has 1 aromatic rings. The quantitative estimate of drug-likeness (QED) is 0.865. The second-order valence-corrected chi connectivity index (χ2v) is 5.02. The fraction of sp³-hybridized carbons (Fsp3) is 0.692. The summed E-state index contributed by atoms with van der Waals surface area (Å²) in [5, 5.41) is 14.2. The zero-order chi connectivity index (χ0) is 12.3. The second-order valence-electron chi connectivity index (χ2n) is 5.02. The highest BCUT2D eigenvalue weighted by molar-refractivity contribution is 5.02. The van der Waals surface area contributed by atoms with Gasteiger partial charge in [-0.15, -0.1) is 0 Å². The van der Waals surface area contributed by atoms with Gasteiger partial charge in [0.15, 0.2) is 0 Å². The maximum absolute atomic E-state index is 11.6. The molecule has 0 bridgehead atoms. The second kappa shape index (κ2) is 5.45. The number of aromatic nitrogens is 2. The van der Waals surface area contributed by atoms with E-state index in [0.717, 1.165) is 18.4 Å². The van der Waals surface area contributed by atoms with E-state index in [4.69, 9.17) is 0 Å². The van der Waals surface area contributed by atoms with E-state index in [1.165, 1.54) is 23.9 Å². The first-order chi connectivity index (χ1) is 8.16. The van der Waals surface area contributed by atoms with Gasteiger partial charge in [0, 0.05) is 6.07 Å². The van der Waals surface area contributed by atoms with Gasteiger partial charge in [0.1, 0.15) is 0 Å². The third kappa shape index (κ3) is 3.16. The van der Waals surface area contributed by atoms with Crippen molar-refractivity contribution in [1.29, 1.82) is 0 Å². The molecule has 4 nitrogen and oxygen atoms in total. The molecule has 4 heteroatoms. The van der Waals surface area contributed by atoms with E-state index in [9.17, 15) is 9.90 Å². The Morgan fingerprint density at radius 3 is 2.82 bits per heavy atom. The Balaban J connectivity index is 2.01. The van der Waals surface area contributed by atoms with Crippen LogP contribution in [0.15, 0.2) is 17.1 Å². The summed E-state index contributed by atoms with van der Waals surface area (Å²) in [6.07, 6.45) is 7.02. The highest BCUT2D eigenvalue weighted by atomic mass is 16.3. The van der Waals surface area contributed by atoms with Crippen LogP contribution in [0.25, 0.3) is 0 Å². The molecule has 1 N–H and O–H groups in total. The number of nitrogens with zero attached hydrogens (tertiary/aromatic N) is 2. The topological polar surface area (TPSA) is 55.1 Å². The third-order valence-electron chi connectivity index (χ3n) is 3.56. The van der Waals surface area contributed by atoms with Crippen molar-refractivity contribution < 1.29 is 5.11 Å². The Labute approximate surface area is 101 Å². The highest BCUT2D eigenvalue weighted by Gasteiger charge is 2.22. The van der Waals surface area contributed by atoms with E-state index in [1.807, 2.05) is 6.92 Å². The minimum atomic E-state index is -0.441. The average Bonchev–Trinajstić information content (AvgIpc) is 2.34. The summed E-state index contributed by atoms with van der Waals surface area (Å²) >= 11 is 0. The molecular weight excluding hydrogens is 216 g/mol. The van der Waals surface area contributed by atoms with E-state index in [0.29, 0.717) is 12.5 Å². The van der Waals surface area contributed by atoms with Crippen LogP contribution >= 0.6 is 0 Å². The van der Waals surface area contributed by atoms with Gasteiger partial charge in [-0.25, -0.2) is 4.68 Å². The highest BCUT2D eigenvalue weighted by Crippen LogP contribution is 2.26. The molecule has 1 aromatic heterocycles. The van der Waals surface area contributed by atoms with Gasteiger partial charge in [-0.1, -0.05) is 19.3 Å². The molecule has 1 aliphatic rings. The van der Waals surface area contributed by atoms with Crippen LogP contribution in [0.3, 0.4) is 0 Å². The Kier molecular flexibility index (Phi) is 3.94. The number of hydrogen-bond donors (Lipinski definition) is 1. The SMILES string of the molecule is Cc1cnn(CC(O)C2CCCCC2)c(=O)c1. The van der Waals surface area contributed by atoms with Gasteiger partial charge in [-0.3, -0.25) is 4.79 Å². The number of aliphatic hydroxyl groups excluding tert-OH is 1. The van der Waals surface area contributed by atoms with Crippen molar-refractivity contribution in [2.75, 3.05) is 0 Å². The predicted molar refractivity (Wildman–Crippen MR) is 65.8 cm³/mol. The third-order valence-corrected chi connectivity index (χ3v) is 3.56. The van der Waals surface area contributed by atoms with Gasteiger partial charge in [-0.2, -0.15) is 5.10 Å². The first-order valence-electron chi connectivity index (χ1n) is 6.38. The van der Waals surface area contributed by atoms with Crippen LogP contribution in [0.2, 0.25) is 0 Å². The van der Waals surface area contributed by atoms with Crippen molar-refractivity contribution in [3.8, 4) is 0 Å². The fourth-order valence-corrected chi connectivity index (χ4v) is 2.51. The Bertz CT molecular complexity index is 422. The van der Waals surface area contributed by atoms with Crippen LogP contribution in [0.4, 0.5) is 0 Å². The smallest absolute Gasteiger partial charge is 0.267 e. The lowest BCUT2D eigenvalue weighted by molar-refractivity contribution is 0.0651. The summed E-state index contributed by atoms with van der Waals surface area (Å²) in [5.74, 6) is 0.332. The Morgan fingerprint density at radius 1 is 1.47 bits per heavy atom. The molecule has 1 heterocycles. The largest absolute Gasteiger partial charge is 0.391 e. The molecule has 94 valence electrons. The van der Waals surface area contributed by atoms with E-state index in [1.54, 1.807) is 12.3 Å². The normalized spacial score (nSPS) is 19.2. The maximum atomic E-state index is 11.6. The lowest BCUT2D eigenvalue weighted by atomic mass is 9.85. The molecule has 2 rings (SSSR count). The number of hydrogen-bond acceptors (Lipinski definition) is 3.